The van der Waals surface area contributed by atoms with Crippen LogP contribution >= 0.6 is 39.3 Å². The van der Waals surface area contributed by atoms with E-state index in [1.165, 1.54) is 0 Å². The molecule has 2 aromatic carbocycles. The normalized spacial score (nSPS) is 10.5. The first kappa shape index (κ1) is 14.8. The fourth-order valence-corrected chi connectivity index (χ4v) is 3.48. The van der Waals surface area contributed by atoms with Gasteiger partial charge < -0.3 is 4.74 Å². The summed E-state index contributed by atoms with van der Waals surface area (Å²) >= 11 is 11.3. The summed E-state index contributed by atoms with van der Waals surface area (Å²) in [6.45, 7) is 4.01. The zero-order valence-electron chi connectivity index (χ0n) is 10.5. The van der Waals surface area contributed by atoms with E-state index in [9.17, 15) is 0 Å². The smallest absolute Gasteiger partial charge is 0.122 e. The van der Waals surface area contributed by atoms with Crippen LogP contribution in [0.5, 0.6) is 5.75 Å². The largest absolute Gasteiger partial charge is 0.496 e. The summed E-state index contributed by atoms with van der Waals surface area (Å²) in [5.74, 6) is 1.67. The third-order valence-corrected chi connectivity index (χ3v) is 4.81. The Labute approximate surface area is 131 Å². The second-order valence-electron chi connectivity index (χ2n) is 3.97. The lowest BCUT2D eigenvalue weighted by Gasteiger charge is -2.11. The third kappa shape index (κ3) is 3.68. The molecule has 0 saturated heterocycles. The van der Waals surface area contributed by atoms with Gasteiger partial charge in [-0.1, -0.05) is 39.7 Å². The highest BCUT2D eigenvalue weighted by atomic mass is 79.9. The summed E-state index contributed by atoms with van der Waals surface area (Å²) in [6, 6.07) is 11.7. The molecule has 1 radical (unpaired) electrons. The van der Waals surface area contributed by atoms with E-state index in [1.54, 1.807) is 18.9 Å². The molecule has 0 amide bonds. The molecule has 2 aromatic rings. The first-order valence-corrected chi connectivity index (χ1v) is 7.83. The second kappa shape index (κ2) is 6.69. The van der Waals surface area contributed by atoms with Gasteiger partial charge in [0.05, 0.1) is 12.1 Å². The number of ether oxygens (including phenoxy) is 1. The Balaban J connectivity index is 2.21. The van der Waals surface area contributed by atoms with Gasteiger partial charge in [-0.25, -0.2) is 0 Å². The van der Waals surface area contributed by atoms with Gasteiger partial charge in [0.15, 0.2) is 0 Å². The average Bonchev–Trinajstić information content (AvgIpc) is 2.38. The maximum Gasteiger partial charge on any atom is 0.122 e. The van der Waals surface area contributed by atoms with Crippen LogP contribution in [0.3, 0.4) is 0 Å². The fraction of sp³-hybridized carbons (Fsp3) is 0.133. The molecule has 0 unspecified atom stereocenters. The van der Waals surface area contributed by atoms with E-state index in [0.717, 1.165) is 37.0 Å². The van der Waals surface area contributed by atoms with Crippen molar-refractivity contribution in [2.24, 2.45) is 0 Å². The zero-order valence-corrected chi connectivity index (χ0v) is 13.6. The number of halogens is 2. The molecule has 0 saturated carbocycles. The predicted molar refractivity (Wildman–Crippen MR) is 86.2 cm³/mol. The molecular weight excluding hydrogens is 344 g/mol. The highest BCUT2D eigenvalue weighted by molar-refractivity contribution is 9.10. The van der Waals surface area contributed by atoms with E-state index in [4.69, 9.17) is 16.3 Å². The summed E-state index contributed by atoms with van der Waals surface area (Å²) in [5.41, 5.74) is 2.08. The standard InChI is InChI=1S/C15H13BrClOS/c1-10-4-3-5-13(17)15(10)19-9-11-8-12(16)6-7-14(11)18-2/h3-8H,1,9H2,2H3. The Hall–Kier alpha value is -0.640. The Kier molecular flexibility index (Phi) is 5.20. The molecular formula is C15H13BrClOS. The molecule has 0 aliphatic heterocycles. The van der Waals surface area contributed by atoms with E-state index >= 15 is 0 Å². The van der Waals surface area contributed by atoms with Crippen molar-refractivity contribution in [2.75, 3.05) is 7.11 Å². The lowest BCUT2D eigenvalue weighted by atomic mass is 10.2. The summed E-state index contributed by atoms with van der Waals surface area (Å²) in [6.07, 6.45) is 0. The zero-order chi connectivity index (χ0) is 13.8. The maximum atomic E-state index is 6.20. The van der Waals surface area contributed by atoms with Crippen LogP contribution in [0, 0.1) is 6.92 Å². The summed E-state index contributed by atoms with van der Waals surface area (Å²) in [7, 11) is 1.68. The number of rotatable bonds is 4. The molecule has 0 aromatic heterocycles. The van der Waals surface area contributed by atoms with Gasteiger partial charge in [0.1, 0.15) is 5.75 Å². The molecule has 2 rings (SSSR count). The highest BCUT2D eigenvalue weighted by Crippen LogP contribution is 2.35. The predicted octanol–water partition coefficient (Wildman–Crippen LogP) is 5.59. The van der Waals surface area contributed by atoms with E-state index < -0.39 is 0 Å². The van der Waals surface area contributed by atoms with Crippen molar-refractivity contribution in [3.63, 3.8) is 0 Å². The SMILES string of the molecule is [CH2]c1cccc(Cl)c1SCc1cc(Br)ccc1OC. The van der Waals surface area contributed by atoms with Gasteiger partial charge in [-0.3, -0.25) is 0 Å². The van der Waals surface area contributed by atoms with Crippen molar-refractivity contribution >= 4 is 39.3 Å². The first-order valence-electron chi connectivity index (χ1n) is 5.67. The maximum absolute atomic E-state index is 6.20. The van der Waals surface area contributed by atoms with E-state index in [1.807, 2.05) is 30.3 Å². The van der Waals surface area contributed by atoms with Gasteiger partial charge >= 0.3 is 0 Å². The van der Waals surface area contributed by atoms with E-state index in [0.29, 0.717) is 0 Å². The van der Waals surface area contributed by atoms with E-state index in [2.05, 4.69) is 28.9 Å². The molecule has 0 bridgehead atoms. The minimum Gasteiger partial charge on any atom is -0.496 e. The first-order chi connectivity index (χ1) is 9.11. The molecule has 19 heavy (non-hydrogen) atoms. The molecule has 1 nitrogen and oxygen atoms in total. The average molecular weight is 357 g/mol. The van der Waals surface area contributed by atoms with Gasteiger partial charge in [-0.2, -0.15) is 0 Å². The van der Waals surface area contributed by atoms with Crippen LogP contribution < -0.4 is 4.74 Å². The number of hydrogen-bond donors (Lipinski definition) is 0. The minimum absolute atomic E-state index is 0.742. The van der Waals surface area contributed by atoms with Crippen LogP contribution in [0.4, 0.5) is 0 Å². The van der Waals surface area contributed by atoms with Crippen LogP contribution in [0.15, 0.2) is 45.8 Å². The number of hydrogen-bond acceptors (Lipinski definition) is 2. The lowest BCUT2D eigenvalue weighted by Crippen LogP contribution is -1.91. The van der Waals surface area contributed by atoms with Crippen LogP contribution in [0.25, 0.3) is 0 Å². The van der Waals surface area contributed by atoms with Crippen molar-refractivity contribution in [2.45, 2.75) is 10.6 Å². The van der Waals surface area contributed by atoms with Gasteiger partial charge in [-0.15, -0.1) is 11.8 Å². The third-order valence-electron chi connectivity index (χ3n) is 2.66. The van der Waals surface area contributed by atoms with Crippen LogP contribution in [0.2, 0.25) is 5.02 Å². The fourth-order valence-electron chi connectivity index (χ4n) is 1.73. The highest BCUT2D eigenvalue weighted by Gasteiger charge is 2.08. The van der Waals surface area contributed by atoms with Crippen LogP contribution in [0.1, 0.15) is 11.1 Å². The Morgan fingerprint density at radius 1 is 1.32 bits per heavy atom. The summed E-state index contributed by atoms with van der Waals surface area (Å²) < 4.78 is 6.41. The quantitative estimate of drug-likeness (QED) is 0.661. The number of benzene rings is 2. The second-order valence-corrected chi connectivity index (χ2v) is 6.28. The molecule has 0 spiro atoms. The lowest BCUT2D eigenvalue weighted by molar-refractivity contribution is 0.411. The van der Waals surface area contributed by atoms with Crippen molar-refractivity contribution in [1.29, 1.82) is 0 Å². The van der Waals surface area contributed by atoms with Crippen molar-refractivity contribution in [3.05, 3.63) is 63.9 Å². The number of thioether (sulfide) groups is 1. The monoisotopic (exact) mass is 355 g/mol. The van der Waals surface area contributed by atoms with Crippen LogP contribution in [-0.4, -0.2) is 7.11 Å². The Bertz CT molecular complexity index is 566. The summed E-state index contributed by atoms with van der Waals surface area (Å²) in [5, 5.41) is 0.742. The molecule has 0 fully saturated rings. The molecule has 0 atom stereocenters. The molecule has 0 heterocycles. The molecule has 0 N–H and O–H groups in total. The summed E-state index contributed by atoms with van der Waals surface area (Å²) in [4.78, 5) is 1.02. The van der Waals surface area contributed by atoms with Gasteiger partial charge in [0.25, 0.3) is 0 Å². The van der Waals surface area contributed by atoms with Gasteiger partial charge in [0, 0.05) is 20.7 Å². The van der Waals surface area contributed by atoms with Crippen molar-refractivity contribution < 1.29 is 4.74 Å². The molecule has 4 heteroatoms. The molecule has 99 valence electrons. The number of methoxy groups -OCH3 is 1. The van der Waals surface area contributed by atoms with Gasteiger partial charge in [-0.05, 0) is 36.8 Å². The topological polar surface area (TPSA) is 9.23 Å². The molecule has 0 aliphatic carbocycles. The van der Waals surface area contributed by atoms with Crippen molar-refractivity contribution in [3.8, 4) is 5.75 Å². The Morgan fingerprint density at radius 2 is 2.11 bits per heavy atom. The van der Waals surface area contributed by atoms with Gasteiger partial charge in [0.2, 0.25) is 0 Å². The molecule has 0 aliphatic rings. The minimum atomic E-state index is 0.742. The Morgan fingerprint density at radius 3 is 2.79 bits per heavy atom. The van der Waals surface area contributed by atoms with Crippen molar-refractivity contribution in [1.82, 2.24) is 0 Å². The van der Waals surface area contributed by atoms with Crippen LogP contribution in [-0.2, 0) is 5.75 Å². The van der Waals surface area contributed by atoms with E-state index in [-0.39, 0.29) is 0 Å².